The van der Waals surface area contributed by atoms with Gasteiger partial charge >= 0.3 is 0 Å². The predicted molar refractivity (Wildman–Crippen MR) is 186 cm³/mol. The molecule has 0 unspecified atom stereocenters. The third-order valence-corrected chi connectivity index (χ3v) is 9.51. The lowest BCUT2D eigenvalue weighted by Crippen LogP contribution is -1.96. The van der Waals surface area contributed by atoms with Crippen molar-refractivity contribution in [2.24, 2.45) is 0 Å². The van der Waals surface area contributed by atoms with Gasteiger partial charge in [-0.25, -0.2) is 9.97 Å². The number of aromatic nitrogens is 3. The van der Waals surface area contributed by atoms with E-state index in [1.165, 1.54) is 37.5 Å². The summed E-state index contributed by atoms with van der Waals surface area (Å²) in [5.41, 5.74) is 8.91. The number of hydrogen-bond acceptors (Lipinski definition) is 3. The smallest absolute Gasteiger partial charge is 0.161 e. The van der Waals surface area contributed by atoms with Crippen LogP contribution in [0.1, 0.15) is 0 Å². The van der Waals surface area contributed by atoms with Crippen molar-refractivity contribution in [3.63, 3.8) is 0 Å². The minimum Gasteiger partial charge on any atom is -0.309 e. The first-order valence-electron chi connectivity index (χ1n) is 14.8. The molecule has 9 rings (SSSR count). The molecule has 0 radical (unpaired) electrons. The Morgan fingerprint density at radius 3 is 1.82 bits per heavy atom. The second-order valence-electron chi connectivity index (χ2n) is 11.0. The van der Waals surface area contributed by atoms with E-state index >= 15 is 0 Å². The first-order chi connectivity index (χ1) is 21.8. The predicted octanol–water partition coefficient (Wildman–Crippen LogP) is 10.9. The first-order valence-corrected chi connectivity index (χ1v) is 15.6. The molecular weight excluding hydrogens is 555 g/mol. The van der Waals surface area contributed by atoms with E-state index in [1.807, 2.05) is 6.07 Å². The van der Waals surface area contributed by atoms with Crippen LogP contribution < -0.4 is 0 Å². The van der Waals surface area contributed by atoms with Crippen molar-refractivity contribution < 1.29 is 0 Å². The summed E-state index contributed by atoms with van der Waals surface area (Å²) in [6, 6.07) is 53.6. The lowest BCUT2D eigenvalue weighted by atomic mass is 10.0. The van der Waals surface area contributed by atoms with Crippen molar-refractivity contribution in [3.05, 3.63) is 152 Å². The van der Waals surface area contributed by atoms with E-state index in [9.17, 15) is 0 Å². The van der Waals surface area contributed by atoms with Crippen LogP contribution in [0.2, 0.25) is 0 Å². The summed E-state index contributed by atoms with van der Waals surface area (Å²) in [7, 11) is 0. The molecule has 0 amide bonds. The van der Waals surface area contributed by atoms with E-state index in [-0.39, 0.29) is 0 Å². The van der Waals surface area contributed by atoms with E-state index in [4.69, 9.17) is 9.97 Å². The quantitative estimate of drug-likeness (QED) is 0.208. The van der Waals surface area contributed by atoms with Gasteiger partial charge in [-0.05, 0) is 47.5 Å². The number of hydrogen-bond donors (Lipinski definition) is 0. The summed E-state index contributed by atoms with van der Waals surface area (Å²) < 4.78 is 3.57. The molecule has 0 atom stereocenters. The molecule has 0 fully saturated rings. The largest absolute Gasteiger partial charge is 0.309 e. The molecule has 44 heavy (non-hydrogen) atoms. The van der Waals surface area contributed by atoms with Crippen LogP contribution in [0.4, 0.5) is 0 Å². The van der Waals surface area contributed by atoms with Gasteiger partial charge in [-0.2, -0.15) is 0 Å². The second-order valence-corrected chi connectivity index (χ2v) is 12.1. The average molecular weight is 580 g/mol. The summed E-state index contributed by atoms with van der Waals surface area (Å²) >= 11 is 1.73. The van der Waals surface area contributed by atoms with E-state index in [1.54, 1.807) is 11.3 Å². The Balaban J connectivity index is 1.23. The molecule has 0 saturated carbocycles. The third kappa shape index (κ3) is 3.96. The molecular formula is C40H25N3S. The van der Waals surface area contributed by atoms with Gasteiger partial charge in [-0.1, -0.05) is 115 Å². The van der Waals surface area contributed by atoms with Crippen molar-refractivity contribution in [1.82, 2.24) is 14.5 Å². The monoisotopic (exact) mass is 579 g/mol. The number of para-hydroxylation sites is 2. The molecule has 0 aliphatic carbocycles. The molecule has 3 nitrogen and oxygen atoms in total. The highest BCUT2D eigenvalue weighted by Crippen LogP contribution is 2.40. The molecule has 6 aromatic carbocycles. The molecule has 0 N–H and O–H groups in total. The first kappa shape index (κ1) is 25.0. The van der Waals surface area contributed by atoms with Crippen LogP contribution in [0.15, 0.2) is 152 Å². The van der Waals surface area contributed by atoms with Gasteiger partial charge in [0, 0.05) is 43.1 Å². The third-order valence-electron chi connectivity index (χ3n) is 8.45. The molecule has 3 heterocycles. The van der Waals surface area contributed by atoms with Gasteiger partial charge in [0.15, 0.2) is 5.82 Å². The molecule has 9 aromatic rings. The summed E-state index contributed by atoms with van der Waals surface area (Å²) in [5.74, 6) is 0.739. The highest BCUT2D eigenvalue weighted by atomic mass is 32.1. The molecule has 4 heteroatoms. The minimum atomic E-state index is 0.739. The maximum absolute atomic E-state index is 5.28. The van der Waals surface area contributed by atoms with Gasteiger partial charge < -0.3 is 4.57 Å². The molecule has 3 aromatic heterocycles. The van der Waals surface area contributed by atoms with Crippen LogP contribution in [0.3, 0.4) is 0 Å². The summed E-state index contributed by atoms with van der Waals surface area (Å²) in [6.45, 7) is 0. The minimum absolute atomic E-state index is 0.739. The van der Waals surface area contributed by atoms with E-state index in [0.29, 0.717) is 0 Å². The molecule has 0 spiro atoms. The van der Waals surface area contributed by atoms with Crippen LogP contribution in [0.25, 0.3) is 81.6 Å². The lowest BCUT2D eigenvalue weighted by molar-refractivity contribution is 1.18. The van der Waals surface area contributed by atoms with Crippen LogP contribution in [0, 0.1) is 0 Å². The maximum atomic E-state index is 5.28. The average Bonchev–Trinajstić information content (AvgIpc) is 3.64. The number of rotatable bonds is 4. The second kappa shape index (κ2) is 10.0. The SMILES string of the molecule is c1ccc(-c2cccc(-c3nc(-c4ccc(-n5c6ccccc6c6ccccc65)cc4)c4c(n3)sc3ccccc34)c2)cc1. The summed E-state index contributed by atoms with van der Waals surface area (Å²) in [5, 5.41) is 4.82. The Morgan fingerprint density at radius 2 is 1.07 bits per heavy atom. The zero-order valence-electron chi connectivity index (χ0n) is 23.7. The van der Waals surface area contributed by atoms with Crippen LogP contribution in [-0.4, -0.2) is 14.5 Å². The van der Waals surface area contributed by atoms with Crippen molar-refractivity contribution in [3.8, 4) is 39.5 Å². The Kier molecular flexibility index (Phi) is 5.68. The van der Waals surface area contributed by atoms with Crippen LogP contribution >= 0.6 is 11.3 Å². The standard InChI is InChI=1S/C40H25N3S/c1-2-11-26(12-3-1)28-13-10-14-29(25-28)39-41-38(37-33-17-6-9-20-36(33)44-40(37)42-39)27-21-23-30(24-22-27)43-34-18-7-4-15-31(34)32-16-5-8-19-35(32)43/h1-25H. The molecule has 0 aliphatic rings. The normalized spacial score (nSPS) is 11.6. The zero-order valence-corrected chi connectivity index (χ0v) is 24.5. The Labute approximate surface area is 258 Å². The maximum Gasteiger partial charge on any atom is 0.161 e. The highest BCUT2D eigenvalue weighted by molar-refractivity contribution is 7.25. The summed E-state index contributed by atoms with van der Waals surface area (Å²) in [6.07, 6.45) is 0. The zero-order chi connectivity index (χ0) is 29.0. The van der Waals surface area contributed by atoms with Gasteiger partial charge in [-0.15, -0.1) is 11.3 Å². The molecule has 0 saturated heterocycles. The fourth-order valence-corrected chi connectivity index (χ4v) is 7.47. The number of fused-ring (bicyclic) bond motifs is 6. The Hall–Kier alpha value is -5.58. The van der Waals surface area contributed by atoms with Crippen LogP contribution in [-0.2, 0) is 0 Å². The number of benzene rings is 6. The van der Waals surface area contributed by atoms with Gasteiger partial charge in [0.1, 0.15) is 4.83 Å². The number of thiophene rings is 1. The van der Waals surface area contributed by atoms with Crippen molar-refractivity contribution in [2.75, 3.05) is 0 Å². The van der Waals surface area contributed by atoms with Crippen molar-refractivity contribution in [2.45, 2.75) is 0 Å². The van der Waals surface area contributed by atoms with Crippen molar-refractivity contribution in [1.29, 1.82) is 0 Å². The van der Waals surface area contributed by atoms with Crippen molar-refractivity contribution >= 4 is 53.4 Å². The fourth-order valence-electron chi connectivity index (χ4n) is 6.40. The Bertz CT molecular complexity index is 2430. The Morgan fingerprint density at radius 1 is 0.455 bits per heavy atom. The van der Waals surface area contributed by atoms with Crippen LogP contribution in [0.5, 0.6) is 0 Å². The topological polar surface area (TPSA) is 30.7 Å². The van der Waals surface area contributed by atoms with E-state index in [2.05, 4.69) is 150 Å². The highest BCUT2D eigenvalue weighted by Gasteiger charge is 2.18. The molecule has 0 bridgehead atoms. The van der Waals surface area contributed by atoms with E-state index in [0.717, 1.165) is 44.1 Å². The number of nitrogens with zero attached hydrogens (tertiary/aromatic N) is 3. The summed E-state index contributed by atoms with van der Waals surface area (Å²) in [4.78, 5) is 11.4. The van der Waals surface area contributed by atoms with Gasteiger partial charge in [0.2, 0.25) is 0 Å². The fraction of sp³-hybridized carbons (Fsp3) is 0. The lowest BCUT2D eigenvalue weighted by Gasteiger charge is -2.11. The molecule has 206 valence electrons. The van der Waals surface area contributed by atoms with Gasteiger partial charge in [0.25, 0.3) is 0 Å². The van der Waals surface area contributed by atoms with E-state index < -0.39 is 0 Å². The van der Waals surface area contributed by atoms with Gasteiger partial charge in [-0.3, -0.25) is 0 Å². The molecule has 0 aliphatic heterocycles. The van der Waals surface area contributed by atoms with Gasteiger partial charge in [0.05, 0.1) is 16.7 Å².